The fourth-order valence-corrected chi connectivity index (χ4v) is 1.20. The highest BCUT2D eigenvalue weighted by Gasteiger charge is 2.17. The lowest BCUT2D eigenvalue weighted by atomic mass is 9.90. The lowest BCUT2D eigenvalue weighted by Gasteiger charge is -2.12. The maximum Gasteiger partial charge on any atom is 0.161 e. The zero-order valence-electron chi connectivity index (χ0n) is 9.87. The third-order valence-electron chi connectivity index (χ3n) is 2.21. The Morgan fingerprint density at radius 3 is 2.47 bits per heavy atom. The zero-order valence-corrected chi connectivity index (χ0v) is 9.87. The van der Waals surface area contributed by atoms with Gasteiger partial charge in [0.05, 0.1) is 0 Å². The van der Waals surface area contributed by atoms with Crippen LogP contribution in [0, 0.1) is 12.3 Å². The van der Waals surface area contributed by atoms with Crippen LogP contribution in [0.2, 0.25) is 0 Å². The number of ketones is 1. The average molecular weight is 202 g/mol. The van der Waals surface area contributed by atoms with Crippen LogP contribution >= 0.6 is 0 Å². The van der Waals surface area contributed by atoms with Crippen molar-refractivity contribution in [3.8, 4) is 0 Å². The second-order valence-corrected chi connectivity index (χ2v) is 4.86. The molecule has 1 aromatic carbocycles. The Morgan fingerprint density at radius 1 is 1.27 bits per heavy atom. The van der Waals surface area contributed by atoms with Crippen LogP contribution in [0.3, 0.4) is 0 Å². The van der Waals surface area contributed by atoms with Gasteiger partial charge in [0.15, 0.2) is 5.78 Å². The fraction of sp³-hybridized carbons (Fsp3) is 0.357. The molecule has 0 aliphatic rings. The topological polar surface area (TPSA) is 17.1 Å². The predicted octanol–water partition coefficient (Wildman–Crippen LogP) is 3.62. The molecule has 0 fully saturated rings. The first-order chi connectivity index (χ1) is 6.89. The molecule has 0 atom stereocenters. The second-order valence-electron chi connectivity index (χ2n) is 4.86. The van der Waals surface area contributed by atoms with Crippen molar-refractivity contribution in [3.63, 3.8) is 0 Å². The van der Waals surface area contributed by atoms with E-state index in [1.54, 1.807) is 6.08 Å². The van der Waals surface area contributed by atoms with Gasteiger partial charge in [0, 0.05) is 5.41 Å². The van der Waals surface area contributed by atoms with E-state index in [0.29, 0.717) is 0 Å². The van der Waals surface area contributed by atoms with Gasteiger partial charge in [0.1, 0.15) is 0 Å². The van der Waals surface area contributed by atoms with E-state index in [9.17, 15) is 4.79 Å². The summed E-state index contributed by atoms with van der Waals surface area (Å²) < 4.78 is 0. The molecular formula is C14H18O. The summed E-state index contributed by atoms with van der Waals surface area (Å²) in [7, 11) is 0. The van der Waals surface area contributed by atoms with Gasteiger partial charge in [0.25, 0.3) is 0 Å². The molecule has 0 aromatic heterocycles. The Balaban J connectivity index is 2.79. The third-order valence-corrected chi connectivity index (χ3v) is 2.21. The first-order valence-corrected chi connectivity index (χ1v) is 5.19. The van der Waals surface area contributed by atoms with Crippen LogP contribution in [0.1, 0.15) is 31.9 Å². The molecular weight excluding hydrogens is 184 g/mol. The van der Waals surface area contributed by atoms with Crippen molar-refractivity contribution in [3.05, 3.63) is 41.5 Å². The number of hydrogen-bond donors (Lipinski definition) is 0. The van der Waals surface area contributed by atoms with Gasteiger partial charge in [-0.1, -0.05) is 56.7 Å². The Kier molecular flexibility index (Phi) is 3.46. The standard InChI is InChI=1S/C14H18O/c1-11-6-5-7-12(10-11)8-9-13(15)14(2,3)4/h5-10H,1-4H3. The molecule has 1 aromatic rings. The molecule has 1 nitrogen and oxygen atoms in total. The molecule has 0 bridgehead atoms. The SMILES string of the molecule is Cc1cccc(C=CC(=O)C(C)(C)C)c1. The van der Waals surface area contributed by atoms with Crippen molar-refractivity contribution in [2.75, 3.05) is 0 Å². The van der Waals surface area contributed by atoms with Crippen molar-refractivity contribution < 1.29 is 4.79 Å². The van der Waals surface area contributed by atoms with E-state index in [4.69, 9.17) is 0 Å². The Labute approximate surface area is 91.8 Å². The van der Waals surface area contributed by atoms with E-state index in [2.05, 4.69) is 6.07 Å². The van der Waals surface area contributed by atoms with Crippen LogP contribution < -0.4 is 0 Å². The normalized spacial score (nSPS) is 12.0. The lowest BCUT2D eigenvalue weighted by molar-refractivity contribution is -0.121. The van der Waals surface area contributed by atoms with E-state index in [1.165, 1.54) is 5.56 Å². The summed E-state index contributed by atoms with van der Waals surface area (Å²) in [5.74, 6) is 0.156. The summed E-state index contributed by atoms with van der Waals surface area (Å²) in [5, 5.41) is 0. The quantitative estimate of drug-likeness (QED) is 0.669. The number of carbonyl (C=O) groups excluding carboxylic acids is 1. The minimum atomic E-state index is -0.291. The molecule has 0 heterocycles. The Hall–Kier alpha value is -1.37. The fourth-order valence-electron chi connectivity index (χ4n) is 1.20. The number of rotatable bonds is 2. The van der Waals surface area contributed by atoms with Gasteiger partial charge in [0.2, 0.25) is 0 Å². The van der Waals surface area contributed by atoms with E-state index < -0.39 is 0 Å². The van der Waals surface area contributed by atoms with Crippen molar-refractivity contribution in [2.24, 2.45) is 5.41 Å². The molecule has 0 radical (unpaired) electrons. The molecule has 1 heteroatoms. The van der Waals surface area contributed by atoms with Gasteiger partial charge in [-0.2, -0.15) is 0 Å². The minimum absolute atomic E-state index is 0.156. The van der Waals surface area contributed by atoms with Crippen LogP contribution in [0.25, 0.3) is 6.08 Å². The zero-order chi connectivity index (χ0) is 11.5. The molecule has 0 saturated heterocycles. The molecule has 15 heavy (non-hydrogen) atoms. The largest absolute Gasteiger partial charge is 0.294 e. The highest BCUT2D eigenvalue weighted by atomic mass is 16.1. The molecule has 0 unspecified atom stereocenters. The predicted molar refractivity (Wildman–Crippen MR) is 64.7 cm³/mol. The summed E-state index contributed by atoms with van der Waals surface area (Å²) in [4.78, 5) is 11.6. The summed E-state index contributed by atoms with van der Waals surface area (Å²) in [5.41, 5.74) is 1.99. The van der Waals surface area contributed by atoms with Crippen molar-refractivity contribution in [1.82, 2.24) is 0 Å². The van der Waals surface area contributed by atoms with Crippen LogP contribution in [0.15, 0.2) is 30.3 Å². The van der Waals surface area contributed by atoms with Gasteiger partial charge in [-0.25, -0.2) is 0 Å². The first kappa shape index (κ1) is 11.7. The van der Waals surface area contributed by atoms with E-state index in [1.807, 2.05) is 52.0 Å². The highest BCUT2D eigenvalue weighted by molar-refractivity contribution is 5.97. The molecule has 1 rings (SSSR count). The van der Waals surface area contributed by atoms with Gasteiger partial charge in [-0.15, -0.1) is 0 Å². The Morgan fingerprint density at radius 2 is 1.93 bits per heavy atom. The number of aryl methyl sites for hydroxylation is 1. The van der Waals surface area contributed by atoms with Gasteiger partial charge in [-0.3, -0.25) is 4.79 Å². The molecule has 0 aliphatic heterocycles. The first-order valence-electron chi connectivity index (χ1n) is 5.19. The van der Waals surface area contributed by atoms with Crippen molar-refractivity contribution in [1.29, 1.82) is 0 Å². The van der Waals surface area contributed by atoms with Crippen molar-refractivity contribution >= 4 is 11.9 Å². The monoisotopic (exact) mass is 202 g/mol. The maximum absolute atomic E-state index is 11.6. The Bertz CT molecular complexity index is 381. The van der Waals surface area contributed by atoms with Gasteiger partial charge >= 0.3 is 0 Å². The third kappa shape index (κ3) is 3.70. The van der Waals surface area contributed by atoms with E-state index in [-0.39, 0.29) is 11.2 Å². The summed E-state index contributed by atoms with van der Waals surface area (Å²) >= 11 is 0. The van der Waals surface area contributed by atoms with E-state index in [0.717, 1.165) is 5.56 Å². The van der Waals surface area contributed by atoms with E-state index >= 15 is 0 Å². The van der Waals surface area contributed by atoms with Crippen molar-refractivity contribution in [2.45, 2.75) is 27.7 Å². The van der Waals surface area contributed by atoms with Crippen LogP contribution in [0.5, 0.6) is 0 Å². The van der Waals surface area contributed by atoms with Gasteiger partial charge in [-0.05, 0) is 18.6 Å². The smallest absolute Gasteiger partial charge is 0.161 e. The molecule has 0 saturated carbocycles. The molecule has 0 aliphatic carbocycles. The summed E-state index contributed by atoms with van der Waals surface area (Å²) in [6, 6.07) is 8.10. The average Bonchev–Trinajstić information content (AvgIpc) is 2.12. The van der Waals surface area contributed by atoms with Crippen LogP contribution in [0.4, 0.5) is 0 Å². The number of carbonyl (C=O) groups is 1. The highest BCUT2D eigenvalue weighted by Crippen LogP contribution is 2.16. The van der Waals surface area contributed by atoms with Crippen LogP contribution in [-0.4, -0.2) is 5.78 Å². The molecule has 80 valence electrons. The molecule has 0 N–H and O–H groups in total. The second kappa shape index (κ2) is 4.43. The van der Waals surface area contributed by atoms with Crippen LogP contribution in [-0.2, 0) is 4.79 Å². The summed E-state index contributed by atoms with van der Waals surface area (Å²) in [6.07, 6.45) is 3.54. The number of hydrogen-bond acceptors (Lipinski definition) is 1. The summed E-state index contributed by atoms with van der Waals surface area (Å²) in [6.45, 7) is 7.82. The number of allylic oxidation sites excluding steroid dienone is 1. The number of benzene rings is 1. The minimum Gasteiger partial charge on any atom is -0.294 e. The van der Waals surface area contributed by atoms with Gasteiger partial charge < -0.3 is 0 Å². The maximum atomic E-state index is 11.6. The molecule has 0 amide bonds. The lowest BCUT2D eigenvalue weighted by Crippen LogP contribution is -2.17. The molecule has 0 spiro atoms.